The summed E-state index contributed by atoms with van der Waals surface area (Å²) >= 11 is 0. The Kier molecular flexibility index (Phi) is 8.25. The van der Waals surface area contributed by atoms with Crippen LogP contribution in [-0.2, 0) is 20.5 Å². The monoisotopic (exact) mass is 289 g/mol. The van der Waals surface area contributed by atoms with Crippen molar-refractivity contribution in [2.45, 2.75) is 4.90 Å². The molecule has 3 N–H and O–H groups in total. The first kappa shape index (κ1) is 17.2. The largest absolute Gasteiger partial charge is 0.468 e. The number of benzene rings is 1. The molecule has 0 heterocycles. The average Bonchev–Trinajstić information content (AvgIpc) is 2.46. The standard InChI is InChI=1S/C7H8N2O3S.C3H7NO2/c1-8-13(12)7-5-3-2-4-6(7)9(10)11;1-6-3(5)2-4/h2-5,8H,1H3;2,4H2,1H3. The van der Waals surface area contributed by atoms with E-state index in [2.05, 4.69) is 9.46 Å². The van der Waals surface area contributed by atoms with Crippen molar-refractivity contribution >= 4 is 22.6 Å². The topological polar surface area (TPSA) is 125 Å². The van der Waals surface area contributed by atoms with E-state index < -0.39 is 15.9 Å². The van der Waals surface area contributed by atoms with Crippen LogP contribution in [0, 0.1) is 10.1 Å². The fraction of sp³-hybridized carbons (Fsp3) is 0.300. The van der Waals surface area contributed by atoms with E-state index in [0.29, 0.717) is 0 Å². The van der Waals surface area contributed by atoms with Crippen molar-refractivity contribution in [2.75, 3.05) is 20.7 Å². The molecule has 1 aromatic rings. The molecule has 1 unspecified atom stereocenters. The Bertz CT molecular complexity index is 460. The zero-order valence-corrected chi connectivity index (χ0v) is 11.3. The molecule has 0 bridgehead atoms. The van der Waals surface area contributed by atoms with E-state index in [9.17, 15) is 19.1 Å². The molecule has 0 aliphatic heterocycles. The Balaban J connectivity index is 0.000000459. The summed E-state index contributed by atoms with van der Waals surface area (Å²) in [6, 6.07) is 5.93. The molecule has 0 aliphatic carbocycles. The van der Waals surface area contributed by atoms with Gasteiger partial charge in [0.1, 0.15) is 15.9 Å². The number of rotatable bonds is 4. The molecule has 0 aliphatic rings. The lowest BCUT2D eigenvalue weighted by Gasteiger charge is -1.99. The van der Waals surface area contributed by atoms with E-state index in [1.54, 1.807) is 6.07 Å². The van der Waals surface area contributed by atoms with Gasteiger partial charge >= 0.3 is 5.97 Å². The van der Waals surface area contributed by atoms with Gasteiger partial charge in [-0.3, -0.25) is 14.9 Å². The van der Waals surface area contributed by atoms with Crippen LogP contribution in [0.4, 0.5) is 5.69 Å². The molecule has 0 radical (unpaired) electrons. The number of esters is 1. The summed E-state index contributed by atoms with van der Waals surface area (Å²) in [5.41, 5.74) is 4.68. The van der Waals surface area contributed by atoms with Crippen molar-refractivity contribution in [2.24, 2.45) is 5.73 Å². The van der Waals surface area contributed by atoms with E-state index in [4.69, 9.17) is 5.73 Å². The van der Waals surface area contributed by atoms with E-state index in [0.717, 1.165) is 0 Å². The van der Waals surface area contributed by atoms with Gasteiger partial charge in [-0.05, 0) is 13.1 Å². The van der Waals surface area contributed by atoms with Gasteiger partial charge in [0, 0.05) is 6.07 Å². The van der Waals surface area contributed by atoms with Gasteiger partial charge in [0.25, 0.3) is 5.69 Å². The second kappa shape index (κ2) is 9.14. The van der Waals surface area contributed by atoms with Gasteiger partial charge in [0.15, 0.2) is 0 Å². The highest BCUT2D eigenvalue weighted by molar-refractivity contribution is 7.83. The Morgan fingerprint density at radius 2 is 2.11 bits per heavy atom. The first-order valence-electron chi connectivity index (χ1n) is 5.07. The maximum Gasteiger partial charge on any atom is 0.319 e. The Labute approximate surface area is 112 Å². The average molecular weight is 289 g/mol. The van der Waals surface area contributed by atoms with Crippen molar-refractivity contribution in [3.8, 4) is 0 Å². The highest BCUT2D eigenvalue weighted by Gasteiger charge is 2.16. The molecule has 0 aromatic heterocycles. The Morgan fingerprint density at radius 3 is 2.47 bits per heavy atom. The van der Waals surface area contributed by atoms with Crippen LogP contribution in [0.15, 0.2) is 29.2 Å². The predicted octanol–water partition coefficient (Wildman–Crippen LogP) is -0.0451. The number of para-hydroxylation sites is 1. The van der Waals surface area contributed by atoms with Crippen LogP contribution in [0.2, 0.25) is 0 Å². The molecule has 19 heavy (non-hydrogen) atoms. The maximum atomic E-state index is 11.2. The molecule has 0 saturated carbocycles. The molecule has 0 amide bonds. The summed E-state index contributed by atoms with van der Waals surface area (Å²) < 4.78 is 17.8. The maximum absolute atomic E-state index is 11.2. The van der Waals surface area contributed by atoms with Crippen LogP contribution in [0.1, 0.15) is 0 Å². The fourth-order valence-electron chi connectivity index (χ4n) is 0.958. The summed E-state index contributed by atoms with van der Waals surface area (Å²) in [6.45, 7) is -0.0312. The van der Waals surface area contributed by atoms with Crippen molar-refractivity contribution in [3.05, 3.63) is 34.4 Å². The molecule has 0 saturated heterocycles. The van der Waals surface area contributed by atoms with E-state index in [1.807, 2.05) is 0 Å². The zero-order valence-electron chi connectivity index (χ0n) is 10.5. The molecule has 1 atom stereocenters. The predicted molar refractivity (Wildman–Crippen MR) is 69.6 cm³/mol. The van der Waals surface area contributed by atoms with E-state index >= 15 is 0 Å². The SMILES string of the molecule is CNS(=O)c1ccccc1[N+](=O)[O-].COC(=O)CN. The van der Waals surface area contributed by atoms with Crippen molar-refractivity contribution in [1.82, 2.24) is 4.72 Å². The van der Waals surface area contributed by atoms with Crippen LogP contribution in [-0.4, -0.2) is 35.8 Å². The van der Waals surface area contributed by atoms with Crippen LogP contribution >= 0.6 is 0 Å². The van der Waals surface area contributed by atoms with Crippen molar-refractivity contribution < 1.29 is 18.7 Å². The molecule has 106 valence electrons. The number of hydrogen-bond acceptors (Lipinski definition) is 6. The molecule has 1 rings (SSSR count). The van der Waals surface area contributed by atoms with Gasteiger partial charge in [-0.25, -0.2) is 8.93 Å². The highest BCUT2D eigenvalue weighted by Crippen LogP contribution is 2.19. The number of carbonyl (C=O) groups excluding carboxylic acids is 1. The second-order valence-electron chi connectivity index (χ2n) is 2.98. The normalized spacial score (nSPS) is 10.9. The third-order valence-corrected chi connectivity index (χ3v) is 2.96. The van der Waals surface area contributed by atoms with Gasteiger partial charge in [-0.1, -0.05) is 12.1 Å². The lowest BCUT2D eigenvalue weighted by molar-refractivity contribution is -0.387. The third kappa shape index (κ3) is 6.04. The molecule has 1 aromatic carbocycles. The zero-order chi connectivity index (χ0) is 14.8. The molecule has 9 heteroatoms. The molecule has 0 fully saturated rings. The summed E-state index contributed by atoms with van der Waals surface area (Å²) in [6.07, 6.45) is 0. The minimum atomic E-state index is -1.51. The van der Waals surface area contributed by atoms with Crippen LogP contribution < -0.4 is 10.5 Å². The first-order chi connectivity index (χ1) is 8.97. The smallest absolute Gasteiger partial charge is 0.319 e. The Hall–Kier alpha value is -1.84. The summed E-state index contributed by atoms with van der Waals surface area (Å²) in [5, 5.41) is 10.5. The number of nitrogens with two attached hydrogens (primary N) is 1. The fourth-order valence-corrected chi connectivity index (χ4v) is 1.71. The van der Waals surface area contributed by atoms with E-state index in [1.165, 1.54) is 32.4 Å². The second-order valence-corrected chi connectivity index (χ2v) is 4.36. The summed E-state index contributed by atoms with van der Waals surface area (Å²) in [4.78, 5) is 20.0. The number of carbonyl (C=O) groups is 1. The molecule has 0 spiro atoms. The third-order valence-electron chi connectivity index (χ3n) is 1.84. The lowest BCUT2D eigenvalue weighted by atomic mass is 10.3. The van der Waals surface area contributed by atoms with Crippen molar-refractivity contribution in [1.29, 1.82) is 0 Å². The van der Waals surface area contributed by atoms with Crippen molar-refractivity contribution in [3.63, 3.8) is 0 Å². The lowest BCUT2D eigenvalue weighted by Crippen LogP contribution is -2.14. The number of ether oxygens (including phenoxy) is 1. The van der Waals surface area contributed by atoms with Gasteiger partial charge in [0.05, 0.1) is 18.6 Å². The van der Waals surface area contributed by atoms with Crippen LogP contribution in [0.3, 0.4) is 0 Å². The minimum Gasteiger partial charge on any atom is -0.468 e. The molecule has 8 nitrogen and oxygen atoms in total. The van der Waals surface area contributed by atoms with E-state index in [-0.39, 0.29) is 23.1 Å². The van der Waals surface area contributed by atoms with Gasteiger partial charge in [-0.2, -0.15) is 0 Å². The molecular formula is C10H15N3O5S. The van der Waals surface area contributed by atoms with Crippen LogP contribution in [0.25, 0.3) is 0 Å². The first-order valence-corrected chi connectivity index (χ1v) is 6.22. The Morgan fingerprint density at radius 1 is 1.53 bits per heavy atom. The number of nitro benzene ring substituents is 1. The number of nitro groups is 1. The number of methoxy groups -OCH3 is 1. The number of nitrogens with one attached hydrogen (secondary N) is 1. The highest BCUT2D eigenvalue weighted by atomic mass is 32.2. The van der Waals surface area contributed by atoms with Gasteiger partial charge < -0.3 is 10.5 Å². The summed E-state index contributed by atoms with van der Waals surface area (Å²) in [5.74, 6) is -0.380. The number of hydrogen-bond donors (Lipinski definition) is 2. The van der Waals surface area contributed by atoms with Gasteiger partial charge in [-0.15, -0.1) is 0 Å². The number of nitrogens with zero attached hydrogens (tertiary/aromatic N) is 1. The van der Waals surface area contributed by atoms with Gasteiger partial charge in [0.2, 0.25) is 0 Å². The minimum absolute atomic E-state index is 0.0312. The molecular weight excluding hydrogens is 274 g/mol. The van der Waals surface area contributed by atoms with Crippen LogP contribution in [0.5, 0.6) is 0 Å². The summed E-state index contributed by atoms with van der Waals surface area (Å²) in [7, 11) is 1.27. The quantitative estimate of drug-likeness (QED) is 0.455.